The van der Waals surface area contributed by atoms with Gasteiger partial charge in [-0.2, -0.15) is 0 Å². The van der Waals surface area contributed by atoms with E-state index in [1.54, 1.807) is 6.92 Å². The Labute approximate surface area is 77.1 Å². The molecule has 0 bridgehead atoms. The van der Waals surface area contributed by atoms with Gasteiger partial charge in [-0.3, -0.25) is 9.59 Å². The van der Waals surface area contributed by atoms with Crippen molar-refractivity contribution in [1.82, 2.24) is 0 Å². The maximum Gasteiger partial charge on any atom is 0.184 e. The number of hydrogen-bond acceptors (Lipinski definition) is 3. The summed E-state index contributed by atoms with van der Waals surface area (Å²) < 4.78 is 5.22. The van der Waals surface area contributed by atoms with E-state index in [-0.39, 0.29) is 17.7 Å². The summed E-state index contributed by atoms with van der Waals surface area (Å²) in [5, 5.41) is 0. The standard InChI is InChI=1S/C10H12O3/c1-3-13-7(2)9-6-8(11)4-5-10(9)12/h4-7H,3H2,1-2H3. The van der Waals surface area contributed by atoms with Crippen molar-refractivity contribution < 1.29 is 14.3 Å². The molecule has 0 fully saturated rings. The van der Waals surface area contributed by atoms with Crippen molar-refractivity contribution in [3.05, 3.63) is 23.8 Å². The van der Waals surface area contributed by atoms with Gasteiger partial charge in [0.2, 0.25) is 0 Å². The minimum Gasteiger partial charge on any atom is -0.374 e. The highest BCUT2D eigenvalue weighted by atomic mass is 16.5. The molecule has 1 aliphatic rings. The van der Waals surface area contributed by atoms with Crippen molar-refractivity contribution in [2.75, 3.05) is 6.61 Å². The normalized spacial score (nSPS) is 18.8. The van der Waals surface area contributed by atoms with Crippen LogP contribution in [0, 0.1) is 0 Å². The maximum atomic E-state index is 11.3. The summed E-state index contributed by atoms with van der Waals surface area (Å²) in [4.78, 5) is 22.2. The number of carbonyl (C=O) groups excluding carboxylic acids is 2. The van der Waals surface area contributed by atoms with Crippen LogP contribution in [-0.2, 0) is 14.3 Å². The average Bonchev–Trinajstić information content (AvgIpc) is 2.09. The zero-order valence-electron chi connectivity index (χ0n) is 7.74. The summed E-state index contributed by atoms with van der Waals surface area (Å²) in [7, 11) is 0. The molecule has 0 N–H and O–H groups in total. The van der Waals surface area contributed by atoms with Crippen LogP contribution in [0.15, 0.2) is 23.8 Å². The molecule has 1 unspecified atom stereocenters. The monoisotopic (exact) mass is 180 g/mol. The highest BCUT2D eigenvalue weighted by Gasteiger charge is 2.19. The van der Waals surface area contributed by atoms with E-state index < -0.39 is 0 Å². The van der Waals surface area contributed by atoms with Crippen LogP contribution in [0.2, 0.25) is 0 Å². The predicted octanol–water partition coefficient (Wildman–Crippen LogP) is 1.05. The Balaban J connectivity index is 2.78. The minimum atomic E-state index is -0.300. The van der Waals surface area contributed by atoms with Crippen LogP contribution < -0.4 is 0 Å². The van der Waals surface area contributed by atoms with Gasteiger partial charge in [-0.1, -0.05) is 0 Å². The van der Waals surface area contributed by atoms with Gasteiger partial charge in [0.1, 0.15) is 0 Å². The van der Waals surface area contributed by atoms with Gasteiger partial charge in [0, 0.05) is 12.2 Å². The third-order valence-electron chi connectivity index (χ3n) is 1.84. The van der Waals surface area contributed by atoms with Gasteiger partial charge >= 0.3 is 0 Å². The molecule has 0 saturated carbocycles. The van der Waals surface area contributed by atoms with E-state index >= 15 is 0 Å². The molecule has 0 spiro atoms. The Hall–Kier alpha value is -1.22. The van der Waals surface area contributed by atoms with Crippen LogP contribution in [0.3, 0.4) is 0 Å². The molecule has 0 heterocycles. The third kappa shape index (κ3) is 2.36. The number of allylic oxidation sites excluding steroid dienone is 3. The smallest absolute Gasteiger partial charge is 0.184 e. The zero-order valence-corrected chi connectivity index (χ0v) is 7.74. The largest absolute Gasteiger partial charge is 0.374 e. The molecule has 0 aromatic carbocycles. The summed E-state index contributed by atoms with van der Waals surface area (Å²) in [5.41, 5.74) is 0.439. The van der Waals surface area contributed by atoms with Gasteiger partial charge in [-0.15, -0.1) is 0 Å². The second kappa shape index (κ2) is 4.14. The quantitative estimate of drug-likeness (QED) is 0.609. The van der Waals surface area contributed by atoms with E-state index in [0.717, 1.165) is 0 Å². The Morgan fingerprint density at radius 2 is 2.08 bits per heavy atom. The second-order valence-corrected chi connectivity index (χ2v) is 2.80. The molecule has 1 rings (SSSR count). The van der Waals surface area contributed by atoms with Crippen molar-refractivity contribution in [3.63, 3.8) is 0 Å². The van der Waals surface area contributed by atoms with E-state index in [1.165, 1.54) is 18.2 Å². The summed E-state index contributed by atoms with van der Waals surface area (Å²) in [6, 6.07) is 0. The Bertz CT molecular complexity index is 287. The first-order valence-electron chi connectivity index (χ1n) is 4.24. The fourth-order valence-electron chi connectivity index (χ4n) is 1.18. The lowest BCUT2D eigenvalue weighted by Crippen LogP contribution is -2.20. The van der Waals surface area contributed by atoms with Crippen LogP contribution in [0.4, 0.5) is 0 Å². The first-order valence-corrected chi connectivity index (χ1v) is 4.24. The molecular formula is C10H12O3. The first kappa shape index (κ1) is 9.86. The second-order valence-electron chi connectivity index (χ2n) is 2.80. The lowest BCUT2D eigenvalue weighted by atomic mass is 9.99. The molecular weight excluding hydrogens is 168 g/mol. The SMILES string of the molecule is CCOC(C)C1=CC(=O)C=CC1=O. The first-order chi connectivity index (χ1) is 6.15. The average molecular weight is 180 g/mol. The van der Waals surface area contributed by atoms with Crippen LogP contribution in [0.5, 0.6) is 0 Å². The number of ether oxygens (including phenoxy) is 1. The predicted molar refractivity (Wildman–Crippen MR) is 48.3 cm³/mol. The molecule has 70 valence electrons. The molecule has 0 aromatic rings. The van der Waals surface area contributed by atoms with Crippen molar-refractivity contribution in [1.29, 1.82) is 0 Å². The van der Waals surface area contributed by atoms with Gasteiger partial charge in [0.05, 0.1) is 6.10 Å². The zero-order chi connectivity index (χ0) is 9.84. The summed E-state index contributed by atoms with van der Waals surface area (Å²) in [5.74, 6) is -0.290. The van der Waals surface area contributed by atoms with Crippen molar-refractivity contribution in [2.24, 2.45) is 0 Å². The van der Waals surface area contributed by atoms with Gasteiger partial charge < -0.3 is 4.74 Å². The summed E-state index contributed by atoms with van der Waals surface area (Å²) in [6.07, 6.45) is 3.59. The van der Waals surface area contributed by atoms with E-state index in [9.17, 15) is 9.59 Å². The molecule has 0 saturated heterocycles. The Morgan fingerprint density at radius 1 is 1.38 bits per heavy atom. The molecule has 0 radical (unpaired) electrons. The van der Waals surface area contributed by atoms with Crippen molar-refractivity contribution >= 4 is 11.6 Å². The highest BCUT2D eigenvalue weighted by molar-refractivity contribution is 6.17. The third-order valence-corrected chi connectivity index (χ3v) is 1.84. The van der Waals surface area contributed by atoms with E-state index in [2.05, 4.69) is 0 Å². The van der Waals surface area contributed by atoms with Gasteiger partial charge in [-0.25, -0.2) is 0 Å². The van der Waals surface area contributed by atoms with E-state index in [4.69, 9.17) is 4.74 Å². The van der Waals surface area contributed by atoms with E-state index in [1.807, 2.05) is 6.92 Å². The number of rotatable bonds is 3. The minimum absolute atomic E-state index is 0.138. The molecule has 0 amide bonds. The summed E-state index contributed by atoms with van der Waals surface area (Å²) >= 11 is 0. The van der Waals surface area contributed by atoms with Crippen molar-refractivity contribution in [3.8, 4) is 0 Å². The maximum absolute atomic E-state index is 11.3. The van der Waals surface area contributed by atoms with Crippen LogP contribution in [-0.4, -0.2) is 24.3 Å². The lowest BCUT2D eigenvalue weighted by molar-refractivity contribution is -0.115. The molecule has 13 heavy (non-hydrogen) atoms. The topological polar surface area (TPSA) is 43.4 Å². The molecule has 0 aliphatic heterocycles. The number of ketones is 2. The molecule has 3 nitrogen and oxygen atoms in total. The molecule has 0 aromatic heterocycles. The highest BCUT2D eigenvalue weighted by Crippen LogP contribution is 2.12. The lowest BCUT2D eigenvalue weighted by Gasteiger charge is -2.14. The number of hydrogen-bond donors (Lipinski definition) is 0. The molecule has 1 aliphatic carbocycles. The van der Waals surface area contributed by atoms with Gasteiger partial charge in [0.15, 0.2) is 11.6 Å². The van der Waals surface area contributed by atoms with Crippen LogP contribution in [0.1, 0.15) is 13.8 Å². The number of carbonyl (C=O) groups is 2. The van der Waals surface area contributed by atoms with Crippen LogP contribution >= 0.6 is 0 Å². The van der Waals surface area contributed by atoms with Gasteiger partial charge in [0.25, 0.3) is 0 Å². The van der Waals surface area contributed by atoms with Crippen molar-refractivity contribution in [2.45, 2.75) is 20.0 Å². The van der Waals surface area contributed by atoms with Gasteiger partial charge in [-0.05, 0) is 32.1 Å². The van der Waals surface area contributed by atoms with Crippen LogP contribution in [0.25, 0.3) is 0 Å². The molecule has 3 heteroatoms. The Kier molecular flexibility index (Phi) is 3.14. The fraction of sp³-hybridized carbons (Fsp3) is 0.400. The molecule has 1 atom stereocenters. The van der Waals surface area contributed by atoms with E-state index in [0.29, 0.717) is 12.2 Å². The fourth-order valence-corrected chi connectivity index (χ4v) is 1.18. The Morgan fingerprint density at radius 3 is 2.69 bits per heavy atom. The summed E-state index contributed by atoms with van der Waals surface area (Å²) in [6.45, 7) is 4.14.